The summed E-state index contributed by atoms with van der Waals surface area (Å²) in [5, 5.41) is 11.5. The minimum Gasteiger partial charge on any atom is -0.449 e. The molecule has 0 radical (unpaired) electrons. The lowest BCUT2D eigenvalue weighted by Gasteiger charge is -2.15. The molecule has 1 amide bonds. The molecule has 3 heterocycles. The van der Waals surface area contributed by atoms with E-state index in [0.29, 0.717) is 17.1 Å². The summed E-state index contributed by atoms with van der Waals surface area (Å²) in [6.07, 6.45) is 5.43. The van der Waals surface area contributed by atoms with Crippen LogP contribution in [0, 0.1) is 0 Å². The number of nitrogens with zero attached hydrogens (tertiary/aromatic N) is 5. The Balaban J connectivity index is 1.57. The maximum Gasteiger partial charge on any atom is 0.342 e. The molecule has 0 aliphatic rings. The van der Waals surface area contributed by atoms with Crippen molar-refractivity contribution in [2.45, 2.75) is 32.9 Å². The van der Waals surface area contributed by atoms with Gasteiger partial charge >= 0.3 is 5.97 Å². The third-order valence-electron chi connectivity index (χ3n) is 4.95. The van der Waals surface area contributed by atoms with Crippen molar-refractivity contribution in [3.63, 3.8) is 0 Å². The van der Waals surface area contributed by atoms with E-state index < -0.39 is 18.0 Å². The number of carbonyl (C=O) groups excluding carboxylic acids is 2. The van der Waals surface area contributed by atoms with Crippen LogP contribution >= 0.6 is 0 Å². The summed E-state index contributed by atoms with van der Waals surface area (Å²) in [5.74, 6) is -0.578. The van der Waals surface area contributed by atoms with Crippen molar-refractivity contribution in [2.24, 2.45) is 0 Å². The Hall–Kier alpha value is -4.27. The first-order valence-electron chi connectivity index (χ1n) is 10.5. The number of ether oxygens (including phenoxy) is 1. The Morgan fingerprint density at radius 1 is 1.00 bits per heavy atom. The Kier molecular flexibility index (Phi) is 6.30. The average molecular weight is 444 g/mol. The van der Waals surface area contributed by atoms with Gasteiger partial charge in [0, 0.05) is 36.3 Å². The number of rotatable bonds is 7. The van der Waals surface area contributed by atoms with Crippen LogP contribution in [0.25, 0.3) is 16.9 Å². The third-order valence-corrected chi connectivity index (χ3v) is 4.95. The molecule has 0 saturated carbocycles. The first-order valence-corrected chi connectivity index (χ1v) is 10.5. The summed E-state index contributed by atoms with van der Waals surface area (Å²) in [6, 6.07) is 14.8. The van der Waals surface area contributed by atoms with Gasteiger partial charge in [-0.1, -0.05) is 18.2 Å². The van der Waals surface area contributed by atoms with Crippen LogP contribution in [-0.2, 0) is 9.53 Å². The third kappa shape index (κ3) is 4.82. The molecule has 4 aromatic rings. The topological polar surface area (TPSA) is 104 Å². The van der Waals surface area contributed by atoms with E-state index >= 15 is 0 Å². The highest BCUT2D eigenvalue weighted by Crippen LogP contribution is 2.24. The SMILES string of the molecule is CC(OC(=O)c1cn(-c2ccccc2)nc1-c1cccnc1)C(=O)Nc1ccnn1C(C)C. The van der Waals surface area contributed by atoms with E-state index in [2.05, 4.69) is 20.5 Å². The van der Waals surface area contributed by atoms with Crippen molar-refractivity contribution in [3.8, 4) is 16.9 Å². The summed E-state index contributed by atoms with van der Waals surface area (Å²) < 4.78 is 8.78. The smallest absolute Gasteiger partial charge is 0.342 e. The van der Waals surface area contributed by atoms with E-state index in [-0.39, 0.29) is 11.6 Å². The minimum atomic E-state index is -1.03. The molecule has 0 bridgehead atoms. The van der Waals surface area contributed by atoms with E-state index in [4.69, 9.17) is 4.74 Å². The molecule has 9 nitrogen and oxygen atoms in total. The molecule has 1 unspecified atom stereocenters. The number of aromatic nitrogens is 5. The molecule has 33 heavy (non-hydrogen) atoms. The number of carbonyl (C=O) groups is 2. The second-order valence-electron chi connectivity index (χ2n) is 7.70. The number of hydrogen-bond acceptors (Lipinski definition) is 6. The van der Waals surface area contributed by atoms with Gasteiger partial charge < -0.3 is 10.1 Å². The maximum absolute atomic E-state index is 13.1. The number of esters is 1. The predicted molar refractivity (Wildman–Crippen MR) is 123 cm³/mol. The number of pyridine rings is 1. The van der Waals surface area contributed by atoms with Gasteiger partial charge in [0.2, 0.25) is 0 Å². The lowest BCUT2D eigenvalue weighted by Crippen LogP contribution is -2.31. The van der Waals surface area contributed by atoms with Gasteiger partial charge in [-0.25, -0.2) is 14.2 Å². The fraction of sp³-hybridized carbons (Fsp3) is 0.208. The monoisotopic (exact) mass is 444 g/mol. The fourth-order valence-electron chi connectivity index (χ4n) is 3.28. The van der Waals surface area contributed by atoms with Crippen molar-refractivity contribution < 1.29 is 14.3 Å². The molecule has 1 N–H and O–H groups in total. The summed E-state index contributed by atoms with van der Waals surface area (Å²) in [5.41, 5.74) is 2.10. The van der Waals surface area contributed by atoms with Crippen molar-refractivity contribution in [1.29, 1.82) is 0 Å². The summed E-state index contributed by atoms with van der Waals surface area (Å²) in [6.45, 7) is 5.43. The maximum atomic E-state index is 13.1. The number of para-hydroxylation sites is 1. The van der Waals surface area contributed by atoms with Crippen LogP contribution in [0.3, 0.4) is 0 Å². The second kappa shape index (κ2) is 9.47. The van der Waals surface area contributed by atoms with Crippen molar-refractivity contribution in [1.82, 2.24) is 24.5 Å². The van der Waals surface area contributed by atoms with E-state index in [1.165, 1.54) is 6.92 Å². The zero-order chi connectivity index (χ0) is 23.4. The van der Waals surface area contributed by atoms with Crippen LogP contribution < -0.4 is 5.32 Å². The molecule has 1 aromatic carbocycles. The molecule has 3 aromatic heterocycles. The molecule has 9 heteroatoms. The normalized spacial score (nSPS) is 11.9. The van der Waals surface area contributed by atoms with Crippen LogP contribution in [0.4, 0.5) is 5.82 Å². The molecule has 1 atom stereocenters. The Labute approximate surface area is 191 Å². The summed E-state index contributed by atoms with van der Waals surface area (Å²) in [7, 11) is 0. The zero-order valence-corrected chi connectivity index (χ0v) is 18.5. The lowest BCUT2D eigenvalue weighted by atomic mass is 10.1. The number of nitrogens with one attached hydrogen (secondary N) is 1. The van der Waals surface area contributed by atoms with E-state index in [1.807, 2.05) is 50.2 Å². The molecule has 0 saturated heterocycles. The van der Waals surface area contributed by atoms with E-state index in [1.54, 1.807) is 46.3 Å². The number of anilines is 1. The lowest BCUT2D eigenvalue weighted by molar-refractivity contribution is -0.123. The van der Waals surface area contributed by atoms with Crippen LogP contribution in [0.1, 0.15) is 37.2 Å². The van der Waals surface area contributed by atoms with Gasteiger partial charge in [-0.3, -0.25) is 9.78 Å². The van der Waals surface area contributed by atoms with Crippen molar-refractivity contribution in [2.75, 3.05) is 5.32 Å². The number of hydrogen-bond donors (Lipinski definition) is 1. The van der Waals surface area contributed by atoms with Gasteiger partial charge in [-0.05, 0) is 45.0 Å². The molecular formula is C24H24N6O3. The highest BCUT2D eigenvalue weighted by molar-refractivity contribution is 5.99. The summed E-state index contributed by atoms with van der Waals surface area (Å²) >= 11 is 0. The van der Waals surface area contributed by atoms with Gasteiger partial charge in [0.15, 0.2) is 6.10 Å². The van der Waals surface area contributed by atoms with Gasteiger partial charge in [0.05, 0.1) is 11.9 Å². The average Bonchev–Trinajstić information content (AvgIpc) is 3.48. The van der Waals surface area contributed by atoms with Gasteiger partial charge in [-0.15, -0.1) is 0 Å². The number of amides is 1. The zero-order valence-electron chi connectivity index (χ0n) is 18.5. The Bertz CT molecular complexity index is 1250. The van der Waals surface area contributed by atoms with Crippen molar-refractivity contribution >= 4 is 17.7 Å². The van der Waals surface area contributed by atoms with Crippen LogP contribution in [0.5, 0.6) is 0 Å². The quantitative estimate of drug-likeness (QED) is 0.434. The molecule has 168 valence electrons. The molecule has 0 fully saturated rings. The predicted octanol–water partition coefficient (Wildman–Crippen LogP) is 3.90. The Morgan fingerprint density at radius 2 is 1.79 bits per heavy atom. The van der Waals surface area contributed by atoms with Crippen LogP contribution in [0.15, 0.2) is 73.3 Å². The summed E-state index contributed by atoms with van der Waals surface area (Å²) in [4.78, 5) is 29.9. The number of benzene rings is 1. The van der Waals surface area contributed by atoms with Gasteiger partial charge in [0.25, 0.3) is 5.91 Å². The molecule has 0 spiro atoms. The van der Waals surface area contributed by atoms with E-state index in [9.17, 15) is 9.59 Å². The van der Waals surface area contributed by atoms with Crippen molar-refractivity contribution in [3.05, 3.63) is 78.9 Å². The van der Waals surface area contributed by atoms with Gasteiger partial charge in [-0.2, -0.15) is 10.2 Å². The van der Waals surface area contributed by atoms with E-state index in [0.717, 1.165) is 5.69 Å². The Morgan fingerprint density at radius 3 is 2.48 bits per heavy atom. The first kappa shape index (κ1) is 21.9. The molecule has 0 aliphatic heterocycles. The van der Waals surface area contributed by atoms with Crippen LogP contribution in [0.2, 0.25) is 0 Å². The largest absolute Gasteiger partial charge is 0.449 e. The standard InChI is InChI=1S/C24H24N6O3/c1-16(2)30-21(11-13-26-30)27-23(31)17(3)33-24(32)20-15-29(19-9-5-4-6-10-19)28-22(20)18-8-7-12-25-14-18/h4-17H,1-3H3,(H,27,31). The van der Waals surface area contributed by atoms with Crippen LogP contribution in [-0.4, -0.2) is 42.5 Å². The molecule has 0 aliphatic carbocycles. The molecule has 4 rings (SSSR count). The second-order valence-corrected chi connectivity index (χ2v) is 7.70. The minimum absolute atomic E-state index is 0.0685. The first-order chi connectivity index (χ1) is 15.9. The molecular weight excluding hydrogens is 420 g/mol. The highest BCUT2D eigenvalue weighted by atomic mass is 16.5. The fourth-order valence-corrected chi connectivity index (χ4v) is 3.28. The van der Waals surface area contributed by atoms with Gasteiger partial charge in [0.1, 0.15) is 17.1 Å². The highest BCUT2D eigenvalue weighted by Gasteiger charge is 2.25.